The normalized spacial score (nSPS) is 11.8. The predicted molar refractivity (Wildman–Crippen MR) is 89.4 cm³/mol. The summed E-state index contributed by atoms with van der Waals surface area (Å²) in [4.78, 5) is 0. The molecule has 0 aliphatic carbocycles. The summed E-state index contributed by atoms with van der Waals surface area (Å²) in [5.74, 6) is 1.67. The molecule has 0 spiro atoms. The fourth-order valence-corrected chi connectivity index (χ4v) is 2.56. The highest BCUT2D eigenvalue weighted by atomic mass is 32.1. The number of rotatable bonds is 3. The molecule has 22 heavy (non-hydrogen) atoms. The average Bonchev–Trinajstić information content (AvgIpc) is 3.10. The maximum Gasteiger partial charge on any atom is 0.195 e. The number of benzene rings is 1. The molecule has 0 saturated carbocycles. The smallest absolute Gasteiger partial charge is 0.195 e. The highest BCUT2D eigenvalue weighted by Crippen LogP contribution is 2.25. The van der Waals surface area contributed by atoms with Crippen molar-refractivity contribution in [2.75, 3.05) is 0 Å². The number of aromatic nitrogens is 3. The summed E-state index contributed by atoms with van der Waals surface area (Å²) in [6, 6.07) is 12.3. The Kier molecular flexibility index (Phi) is 3.74. The Bertz CT molecular complexity index is 805. The second kappa shape index (κ2) is 5.57. The van der Waals surface area contributed by atoms with Gasteiger partial charge in [-0.25, -0.2) is 0 Å². The van der Waals surface area contributed by atoms with Gasteiger partial charge >= 0.3 is 0 Å². The molecular formula is C17H19N3OS. The fourth-order valence-electron chi connectivity index (χ4n) is 2.36. The number of hydrogen-bond donors (Lipinski definition) is 1. The molecule has 0 radical (unpaired) electrons. The maximum atomic E-state index is 5.41. The van der Waals surface area contributed by atoms with Gasteiger partial charge in [-0.1, -0.05) is 45.0 Å². The molecule has 3 aromatic rings. The van der Waals surface area contributed by atoms with Gasteiger partial charge in [-0.15, -0.1) is 0 Å². The SMILES string of the molecule is CC(C)(C)c1ccc(-c2n[nH]c(=S)n2Cc2ccco2)cc1. The Morgan fingerprint density at radius 2 is 1.91 bits per heavy atom. The molecule has 2 heterocycles. The van der Waals surface area contributed by atoms with E-state index in [1.165, 1.54) is 5.56 Å². The molecule has 3 rings (SSSR count). The van der Waals surface area contributed by atoms with Crippen LogP contribution in [0.25, 0.3) is 11.4 Å². The lowest BCUT2D eigenvalue weighted by molar-refractivity contribution is 0.493. The van der Waals surface area contributed by atoms with E-state index in [2.05, 4.69) is 55.2 Å². The number of hydrogen-bond acceptors (Lipinski definition) is 3. The number of H-pyrrole nitrogens is 1. The fraction of sp³-hybridized carbons (Fsp3) is 0.294. The predicted octanol–water partition coefficient (Wildman–Crippen LogP) is 4.55. The first-order valence-electron chi connectivity index (χ1n) is 7.23. The molecule has 0 bridgehead atoms. The van der Waals surface area contributed by atoms with Gasteiger partial charge in [0, 0.05) is 5.56 Å². The van der Waals surface area contributed by atoms with Gasteiger partial charge in [-0.05, 0) is 35.3 Å². The van der Waals surface area contributed by atoms with Crippen LogP contribution < -0.4 is 0 Å². The zero-order valence-electron chi connectivity index (χ0n) is 13.0. The van der Waals surface area contributed by atoms with Gasteiger partial charge < -0.3 is 4.42 Å². The van der Waals surface area contributed by atoms with Gasteiger partial charge in [-0.3, -0.25) is 9.67 Å². The third-order valence-corrected chi connectivity index (χ3v) is 3.97. The van der Waals surface area contributed by atoms with Crippen molar-refractivity contribution in [3.63, 3.8) is 0 Å². The van der Waals surface area contributed by atoms with Crippen molar-refractivity contribution in [3.05, 3.63) is 58.8 Å². The van der Waals surface area contributed by atoms with Crippen molar-refractivity contribution in [1.29, 1.82) is 0 Å². The van der Waals surface area contributed by atoms with Gasteiger partial charge in [0.05, 0.1) is 12.8 Å². The van der Waals surface area contributed by atoms with E-state index in [1.807, 2.05) is 16.7 Å². The van der Waals surface area contributed by atoms with Crippen molar-refractivity contribution in [1.82, 2.24) is 14.8 Å². The first-order chi connectivity index (χ1) is 10.4. The maximum absolute atomic E-state index is 5.41. The molecule has 0 aliphatic rings. The third kappa shape index (κ3) is 2.90. The van der Waals surface area contributed by atoms with E-state index in [0.717, 1.165) is 17.1 Å². The molecule has 1 aromatic carbocycles. The molecule has 0 amide bonds. The van der Waals surface area contributed by atoms with E-state index in [-0.39, 0.29) is 5.41 Å². The summed E-state index contributed by atoms with van der Waals surface area (Å²) in [6.07, 6.45) is 1.66. The van der Waals surface area contributed by atoms with E-state index in [9.17, 15) is 0 Å². The third-order valence-electron chi connectivity index (χ3n) is 3.66. The zero-order valence-corrected chi connectivity index (χ0v) is 13.8. The number of aromatic amines is 1. The second-order valence-electron chi connectivity index (χ2n) is 6.35. The molecule has 0 fully saturated rings. The van der Waals surface area contributed by atoms with Gasteiger partial charge in [0.25, 0.3) is 0 Å². The molecule has 2 aromatic heterocycles. The second-order valence-corrected chi connectivity index (χ2v) is 6.73. The van der Waals surface area contributed by atoms with Crippen LogP contribution in [0, 0.1) is 4.77 Å². The van der Waals surface area contributed by atoms with Crippen LogP contribution in [0.1, 0.15) is 32.1 Å². The Hall–Kier alpha value is -2.14. The van der Waals surface area contributed by atoms with E-state index in [0.29, 0.717) is 11.3 Å². The summed E-state index contributed by atoms with van der Waals surface area (Å²) in [5, 5.41) is 7.23. The molecule has 1 N–H and O–H groups in total. The van der Waals surface area contributed by atoms with Crippen molar-refractivity contribution < 1.29 is 4.42 Å². The highest BCUT2D eigenvalue weighted by Gasteiger charge is 2.15. The van der Waals surface area contributed by atoms with Crippen molar-refractivity contribution in [3.8, 4) is 11.4 Å². The van der Waals surface area contributed by atoms with Gasteiger partial charge in [0.1, 0.15) is 5.76 Å². The minimum absolute atomic E-state index is 0.136. The molecular weight excluding hydrogens is 294 g/mol. The Morgan fingerprint density at radius 1 is 1.18 bits per heavy atom. The molecule has 4 nitrogen and oxygen atoms in total. The van der Waals surface area contributed by atoms with Crippen LogP contribution >= 0.6 is 12.2 Å². The lowest BCUT2D eigenvalue weighted by atomic mass is 9.87. The van der Waals surface area contributed by atoms with Crippen molar-refractivity contribution in [2.45, 2.75) is 32.7 Å². The Labute approximate surface area is 134 Å². The van der Waals surface area contributed by atoms with E-state index >= 15 is 0 Å². The lowest BCUT2D eigenvalue weighted by Crippen LogP contribution is -2.10. The minimum Gasteiger partial charge on any atom is -0.467 e. The molecule has 5 heteroatoms. The first kappa shape index (κ1) is 14.8. The number of nitrogens with one attached hydrogen (secondary N) is 1. The van der Waals surface area contributed by atoms with E-state index in [4.69, 9.17) is 16.6 Å². The van der Waals surface area contributed by atoms with Crippen molar-refractivity contribution in [2.24, 2.45) is 0 Å². The molecule has 0 aliphatic heterocycles. The summed E-state index contributed by atoms with van der Waals surface area (Å²) in [5.41, 5.74) is 2.46. The number of nitrogens with zero attached hydrogens (tertiary/aromatic N) is 2. The summed E-state index contributed by atoms with van der Waals surface area (Å²) >= 11 is 5.33. The van der Waals surface area contributed by atoms with Crippen molar-refractivity contribution >= 4 is 12.2 Å². The Balaban J connectivity index is 1.97. The standard InChI is InChI=1S/C17H19N3OS/c1-17(2,3)13-8-6-12(7-9-13)15-18-19-16(22)20(15)11-14-5-4-10-21-14/h4-10H,11H2,1-3H3,(H,19,22). The van der Waals surface area contributed by atoms with Crippen LogP contribution in [-0.4, -0.2) is 14.8 Å². The molecule has 0 atom stereocenters. The summed E-state index contributed by atoms with van der Waals surface area (Å²) in [6.45, 7) is 7.18. The van der Waals surface area contributed by atoms with Gasteiger partial charge in [0.2, 0.25) is 0 Å². The van der Waals surface area contributed by atoms with Gasteiger partial charge in [-0.2, -0.15) is 5.10 Å². The first-order valence-corrected chi connectivity index (χ1v) is 7.64. The summed E-state index contributed by atoms with van der Waals surface area (Å²) in [7, 11) is 0. The van der Waals surface area contributed by atoms with E-state index < -0.39 is 0 Å². The monoisotopic (exact) mass is 313 g/mol. The van der Waals surface area contributed by atoms with Crippen LogP contribution in [0.15, 0.2) is 47.1 Å². The van der Waals surface area contributed by atoms with Crippen LogP contribution in [-0.2, 0) is 12.0 Å². The summed E-state index contributed by atoms with van der Waals surface area (Å²) < 4.78 is 7.94. The topological polar surface area (TPSA) is 46.8 Å². The quantitative estimate of drug-likeness (QED) is 0.722. The largest absolute Gasteiger partial charge is 0.467 e. The van der Waals surface area contributed by atoms with Gasteiger partial charge in [0.15, 0.2) is 10.6 Å². The molecule has 0 unspecified atom stereocenters. The van der Waals surface area contributed by atoms with Crippen LogP contribution in [0.3, 0.4) is 0 Å². The average molecular weight is 313 g/mol. The zero-order chi connectivity index (χ0) is 15.7. The van der Waals surface area contributed by atoms with Crippen LogP contribution in [0.2, 0.25) is 0 Å². The van der Waals surface area contributed by atoms with Crippen LogP contribution in [0.4, 0.5) is 0 Å². The molecule has 114 valence electrons. The molecule has 0 saturated heterocycles. The minimum atomic E-state index is 0.136. The van der Waals surface area contributed by atoms with Crippen LogP contribution in [0.5, 0.6) is 0 Å². The lowest BCUT2D eigenvalue weighted by Gasteiger charge is -2.19. The number of furan rings is 1. The van der Waals surface area contributed by atoms with E-state index in [1.54, 1.807) is 6.26 Å². The Morgan fingerprint density at radius 3 is 2.50 bits per heavy atom. The highest BCUT2D eigenvalue weighted by molar-refractivity contribution is 7.71.